The third-order valence-electron chi connectivity index (χ3n) is 14.6. The number of nitro groups is 1. The summed E-state index contributed by atoms with van der Waals surface area (Å²) in [6.07, 6.45) is -9.48. The number of esters is 5. The van der Waals surface area contributed by atoms with Gasteiger partial charge in [0.2, 0.25) is 12.4 Å². The summed E-state index contributed by atoms with van der Waals surface area (Å²) in [5.74, 6) is -4.77. The largest absolute Gasteiger partial charge is 0.467 e. The monoisotopic (exact) mass is 928 g/mol. The first-order chi connectivity index (χ1) is 31.3. The maximum Gasteiger partial charge on any atom is 0.411 e. The third-order valence-corrected chi connectivity index (χ3v) is 14.6. The molecule has 0 radical (unpaired) electrons. The van der Waals surface area contributed by atoms with Crippen LogP contribution in [0.3, 0.4) is 0 Å². The second-order valence-corrected chi connectivity index (χ2v) is 18.4. The van der Waals surface area contributed by atoms with Crippen LogP contribution in [0.15, 0.2) is 29.3 Å². The lowest BCUT2D eigenvalue weighted by molar-refractivity contribution is -0.387. The molecule has 0 aromatic heterocycles. The SMILES string of the molecule is CCN(CO[C@H]1C2[C@H]3O[C@H]3[C@H]3C4=C(CC[C@]3(C)[C@@]23O[C@H]3[C@@H]2O[C@]12C(C)C)C(=O)OC4)C(=O)OCc1ccc(O[C@@H]2OC(C(=O)OC)[C@@H](OC(C)=O)C(OC(C)=O)[C@@H]2OC(C)=O)c([N+](=O)[O-])c1. The van der Waals surface area contributed by atoms with Gasteiger partial charge in [-0.15, -0.1) is 0 Å². The summed E-state index contributed by atoms with van der Waals surface area (Å²) in [4.78, 5) is 88.7. The van der Waals surface area contributed by atoms with Gasteiger partial charge in [-0.2, -0.15) is 0 Å². The fourth-order valence-corrected chi connectivity index (χ4v) is 11.7. The number of cyclic esters (lactones) is 1. The molecule has 6 fully saturated rings. The summed E-state index contributed by atoms with van der Waals surface area (Å²) in [5.41, 5.74) is -0.387. The van der Waals surface area contributed by atoms with Crippen LogP contribution in [-0.2, 0) is 82.7 Å². The number of ether oxygens (including phenoxy) is 12. The van der Waals surface area contributed by atoms with Crippen LogP contribution >= 0.6 is 0 Å². The van der Waals surface area contributed by atoms with Gasteiger partial charge in [-0.25, -0.2) is 14.4 Å². The summed E-state index contributed by atoms with van der Waals surface area (Å²) in [6.45, 7) is 11.0. The Balaban J connectivity index is 0.901. The highest BCUT2D eigenvalue weighted by Gasteiger charge is 2.93. The Morgan fingerprint density at radius 3 is 2.30 bits per heavy atom. The number of nitro benzene ring substituents is 1. The zero-order chi connectivity index (χ0) is 47.4. The molecule has 1 aromatic rings. The molecule has 358 valence electrons. The molecule has 1 spiro atoms. The lowest BCUT2D eigenvalue weighted by Gasteiger charge is -2.54. The fourth-order valence-electron chi connectivity index (χ4n) is 11.7. The Hall–Kier alpha value is -5.42. The van der Waals surface area contributed by atoms with Gasteiger partial charge in [0.25, 0.3) is 0 Å². The molecule has 0 bridgehead atoms. The first kappa shape index (κ1) is 45.7. The van der Waals surface area contributed by atoms with Gasteiger partial charge in [-0.1, -0.05) is 26.8 Å². The first-order valence-corrected chi connectivity index (χ1v) is 21.9. The zero-order valence-electron chi connectivity index (χ0n) is 37.5. The molecule has 66 heavy (non-hydrogen) atoms. The fraction of sp³-hybridized carbons (Fsp3) is 0.682. The van der Waals surface area contributed by atoms with Crippen molar-refractivity contribution in [1.29, 1.82) is 0 Å². The van der Waals surface area contributed by atoms with Crippen molar-refractivity contribution in [2.45, 2.75) is 140 Å². The standard InChI is InChI=1S/C44H52N2O20/c1-9-45(17-58-35-28-30-29(63-30)27-24-16-56-38(50)23(24)12-13-42(27,7)44(28)37(66-44)36-43(35,65-36)18(2)3)41(52)57-15-22-10-11-26(25(14-22)46(53)54)62-40-34(61-21(6)49)32(60-20(5)48)31(59-19(4)47)33(64-40)39(51)55-8/h10-11,14,18,27-37,40H,9,12-13,15-17H2,1-8H3/t27-,28?,29+,30-,31+,32?,33?,34+,35+,36+,37+,40-,42+,43-,44-/m1/s1. The predicted molar refractivity (Wildman–Crippen MR) is 214 cm³/mol. The summed E-state index contributed by atoms with van der Waals surface area (Å²) < 4.78 is 70.3. The van der Waals surface area contributed by atoms with E-state index in [2.05, 4.69) is 20.8 Å². The Morgan fingerprint density at radius 2 is 1.65 bits per heavy atom. The second kappa shape index (κ2) is 16.4. The molecule has 9 rings (SSSR count). The van der Waals surface area contributed by atoms with Crippen molar-refractivity contribution in [2.24, 2.45) is 23.2 Å². The average Bonchev–Trinajstić information content (AvgIpc) is 4.19. The van der Waals surface area contributed by atoms with E-state index in [1.165, 1.54) is 17.0 Å². The molecule has 5 aliphatic heterocycles. The minimum atomic E-state index is -1.85. The highest BCUT2D eigenvalue weighted by molar-refractivity contribution is 5.92. The maximum absolute atomic E-state index is 13.7. The Kier molecular flexibility index (Phi) is 11.4. The smallest absolute Gasteiger partial charge is 0.411 e. The van der Waals surface area contributed by atoms with Gasteiger partial charge >= 0.3 is 41.6 Å². The van der Waals surface area contributed by atoms with Gasteiger partial charge < -0.3 is 56.8 Å². The van der Waals surface area contributed by atoms with Crippen molar-refractivity contribution in [3.63, 3.8) is 0 Å². The summed E-state index contributed by atoms with van der Waals surface area (Å²) in [7, 11) is 1.01. The van der Waals surface area contributed by atoms with Gasteiger partial charge in [-0.3, -0.25) is 29.4 Å². The number of benzene rings is 1. The van der Waals surface area contributed by atoms with Gasteiger partial charge in [0.15, 0.2) is 24.1 Å². The normalized spacial score (nSPS) is 38.3. The Bertz CT molecular complexity index is 2280. The molecular weight excluding hydrogens is 876 g/mol. The number of carbonyl (C=O) groups excluding carboxylic acids is 6. The van der Waals surface area contributed by atoms with E-state index in [1.54, 1.807) is 6.92 Å². The number of nitrogens with zero attached hydrogens (tertiary/aromatic N) is 2. The van der Waals surface area contributed by atoms with Gasteiger partial charge in [-0.05, 0) is 42.9 Å². The molecule has 3 unspecified atom stereocenters. The second-order valence-electron chi connectivity index (χ2n) is 18.4. The molecule has 22 nitrogen and oxygen atoms in total. The molecular formula is C44H52N2O20. The number of carbonyl (C=O) groups is 6. The lowest BCUT2D eigenvalue weighted by atomic mass is 9.47. The van der Waals surface area contributed by atoms with Crippen LogP contribution in [0.4, 0.5) is 10.5 Å². The zero-order valence-corrected chi connectivity index (χ0v) is 37.5. The highest BCUT2D eigenvalue weighted by atomic mass is 16.7. The number of epoxide rings is 3. The van der Waals surface area contributed by atoms with E-state index in [4.69, 9.17) is 56.8 Å². The van der Waals surface area contributed by atoms with Crippen LogP contribution in [-0.4, -0.2) is 145 Å². The molecule has 22 heteroatoms. The van der Waals surface area contributed by atoms with Gasteiger partial charge in [0, 0.05) is 56.2 Å². The first-order valence-electron chi connectivity index (χ1n) is 21.9. The van der Waals surface area contributed by atoms with E-state index in [9.17, 15) is 38.9 Å². The quantitative estimate of drug-likeness (QED) is 0.0648. The topological polar surface area (TPSA) is 269 Å². The van der Waals surface area contributed by atoms with Gasteiger partial charge in [0.1, 0.15) is 43.4 Å². The Morgan fingerprint density at radius 1 is 0.955 bits per heavy atom. The van der Waals surface area contributed by atoms with Gasteiger partial charge in [0.05, 0.1) is 30.3 Å². The number of hydrogen-bond acceptors (Lipinski definition) is 20. The van der Waals surface area contributed by atoms with Crippen molar-refractivity contribution < 1.29 is 90.5 Å². The Labute approximate surface area is 377 Å². The number of fused-ring (bicyclic) bond motifs is 7. The van der Waals surface area contributed by atoms with E-state index in [1.807, 2.05) is 0 Å². The minimum absolute atomic E-state index is 0.0307. The number of methoxy groups -OCH3 is 1. The maximum atomic E-state index is 13.7. The van der Waals surface area contributed by atoms with Crippen LogP contribution in [0.25, 0.3) is 0 Å². The molecule has 8 aliphatic rings. The molecule has 4 saturated heterocycles. The van der Waals surface area contributed by atoms with Crippen molar-refractivity contribution in [2.75, 3.05) is 27.0 Å². The van der Waals surface area contributed by atoms with Crippen LogP contribution in [0, 0.1) is 33.3 Å². The van der Waals surface area contributed by atoms with Crippen LogP contribution in [0.1, 0.15) is 66.9 Å². The van der Waals surface area contributed by atoms with E-state index in [-0.39, 0.29) is 79.0 Å². The molecule has 2 saturated carbocycles. The van der Waals surface area contributed by atoms with E-state index >= 15 is 0 Å². The van der Waals surface area contributed by atoms with E-state index in [0.717, 1.165) is 45.1 Å². The molecule has 1 aromatic carbocycles. The molecule has 3 aliphatic carbocycles. The minimum Gasteiger partial charge on any atom is -0.467 e. The summed E-state index contributed by atoms with van der Waals surface area (Å²) in [5, 5.41) is 12.4. The van der Waals surface area contributed by atoms with Crippen molar-refractivity contribution >= 4 is 41.6 Å². The highest BCUT2D eigenvalue weighted by Crippen LogP contribution is 2.79. The average molecular weight is 929 g/mol. The number of amides is 1. The third kappa shape index (κ3) is 7.08. The summed E-state index contributed by atoms with van der Waals surface area (Å²) >= 11 is 0. The molecule has 1 amide bonds. The molecule has 5 heterocycles. The van der Waals surface area contributed by atoms with Crippen LogP contribution in [0.5, 0.6) is 5.75 Å². The number of rotatable bonds is 14. The van der Waals surface area contributed by atoms with E-state index in [0.29, 0.717) is 12.8 Å². The summed E-state index contributed by atoms with van der Waals surface area (Å²) in [6, 6.07) is 3.64. The number of hydrogen-bond donors (Lipinski definition) is 0. The van der Waals surface area contributed by atoms with E-state index < -0.39 is 101 Å². The van der Waals surface area contributed by atoms with Crippen molar-refractivity contribution in [3.05, 3.63) is 45.0 Å². The lowest BCUT2D eigenvalue weighted by Crippen LogP contribution is -2.66. The predicted octanol–water partition coefficient (Wildman–Crippen LogP) is 2.58. The molecule has 0 N–H and O–H groups in total. The van der Waals surface area contributed by atoms with Crippen LogP contribution < -0.4 is 4.74 Å². The molecule has 15 atom stereocenters. The van der Waals surface area contributed by atoms with Crippen LogP contribution in [0.2, 0.25) is 0 Å². The van der Waals surface area contributed by atoms with Crippen molar-refractivity contribution in [3.8, 4) is 5.75 Å². The van der Waals surface area contributed by atoms with Crippen molar-refractivity contribution in [1.82, 2.24) is 4.90 Å².